The van der Waals surface area contributed by atoms with E-state index in [0.717, 1.165) is 38.5 Å². The third-order valence-corrected chi connectivity index (χ3v) is 7.91. The van der Waals surface area contributed by atoms with Crippen LogP contribution < -0.4 is 4.90 Å². The summed E-state index contributed by atoms with van der Waals surface area (Å²) < 4.78 is 29.6. The van der Waals surface area contributed by atoms with Crippen LogP contribution in [0.4, 0.5) is 14.6 Å². The summed E-state index contributed by atoms with van der Waals surface area (Å²) in [6.45, 7) is 4.17. The van der Waals surface area contributed by atoms with Crippen LogP contribution in [0.15, 0.2) is 41.6 Å². The lowest BCUT2D eigenvalue weighted by molar-refractivity contribution is 0.0868. The molecule has 1 saturated carbocycles. The number of anilines is 1. The summed E-state index contributed by atoms with van der Waals surface area (Å²) in [4.78, 5) is 10.1. The van der Waals surface area contributed by atoms with E-state index in [2.05, 4.69) is 34.0 Å². The predicted octanol–water partition coefficient (Wildman–Crippen LogP) is 6.69. The molecule has 1 aliphatic carbocycles. The second-order valence-corrected chi connectivity index (χ2v) is 10.6. The fourth-order valence-electron chi connectivity index (χ4n) is 5.22. The van der Waals surface area contributed by atoms with E-state index in [1.807, 2.05) is 18.2 Å². The first-order chi connectivity index (χ1) is 17.3. The molecule has 0 radical (unpaired) electrons. The molecule has 192 valence electrons. The first-order valence-corrected chi connectivity index (χ1v) is 13.6. The van der Waals surface area contributed by atoms with Crippen LogP contribution in [0, 0.1) is 11.4 Å². The van der Waals surface area contributed by atoms with Crippen molar-refractivity contribution in [3.8, 4) is 28.3 Å². The van der Waals surface area contributed by atoms with Crippen LogP contribution in [0.25, 0.3) is 22.5 Å². The Morgan fingerprint density at radius 3 is 2.64 bits per heavy atom. The molecule has 3 atom stereocenters. The van der Waals surface area contributed by atoms with E-state index >= 15 is 4.39 Å². The monoisotopic (exact) mass is 513 g/mol. The van der Waals surface area contributed by atoms with E-state index in [9.17, 15) is 9.50 Å². The Bertz CT molecular complexity index is 1200. The summed E-state index contributed by atoms with van der Waals surface area (Å²) in [6, 6.07) is 7.80. The minimum Gasteiger partial charge on any atom is -0.507 e. The number of hydrogen-bond acceptors (Lipinski definition) is 7. The van der Waals surface area contributed by atoms with Gasteiger partial charge in [-0.15, -0.1) is 22.0 Å². The van der Waals surface area contributed by atoms with Crippen molar-refractivity contribution in [3.63, 3.8) is 0 Å². The van der Waals surface area contributed by atoms with Crippen molar-refractivity contribution in [1.29, 1.82) is 0 Å². The number of nitrogens with zero attached hydrogens (tertiary/aromatic N) is 5. The van der Waals surface area contributed by atoms with Gasteiger partial charge in [0.25, 0.3) is 0 Å². The molecule has 9 heteroatoms. The summed E-state index contributed by atoms with van der Waals surface area (Å²) in [5.41, 5.74) is 1.33. The predicted molar refractivity (Wildman–Crippen MR) is 140 cm³/mol. The summed E-state index contributed by atoms with van der Waals surface area (Å²) in [6.07, 6.45) is 7.93. The molecule has 2 aromatic heterocycles. The third-order valence-electron chi connectivity index (χ3n) is 7.28. The molecule has 1 N–H and O–H groups in total. The van der Waals surface area contributed by atoms with Crippen LogP contribution in [0.2, 0.25) is 0 Å². The molecule has 3 aromatic rings. The second kappa shape index (κ2) is 11.1. The summed E-state index contributed by atoms with van der Waals surface area (Å²) in [5.74, 6) is 0.142. The number of phenolic OH excluding ortho intramolecular Hbond substituents is 1. The third kappa shape index (κ3) is 5.45. The number of aromatic nitrogens is 4. The lowest BCUT2D eigenvalue weighted by Gasteiger charge is -2.39. The number of aromatic hydroxyl groups is 1. The van der Waals surface area contributed by atoms with Gasteiger partial charge in [-0.2, -0.15) is 4.39 Å². The fraction of sp³-hybridized carbons (Fsp3) is 0.481. The number of halogens is 2. The van der Waals surface area contributed by atoms with Gasteiger partial charge in [-0.25, -0.2) is 14.4 Å². The molecule has 4 rings (SSSR count). The molecule has 1 fully saturated rings. The Hall–Kier alpha value is -2.81. The SMILES string of the molecule is CCC[C@]1(C)CCCC[C@H](N(C)c2cnc(-c3ccc(-c4cc(F)nc(SC)c4)cc3O)nn2)[C@@H]1F. The van der Waals surface area contributed by atoms with E-state index in [1.165, 1.54) is 17.8 Å². The molecular formula is C27H33F2N5OS. The van der Waals surface area contributed by atoms with Crippen molar-refractivity contribution in [2.45, 2.75) is 69.6 Å². The Morgan fingerprint density at radius 1 is 1.17 bits per heavy atom. The number of phenols is 1. The zero-order valence-electron chi connectivity index (χ0n) is 21.2. The zero-order valence-corrected chi connectivity index (χ0v) is 22.0. The lowest BCUT2D eigenvalue weighted by atomic mass is 9.76. The maximum absolute atomic E-state index is 15.8. The Kier molecular flexibility index (Phi) is 8.07. The first kappa shape index (κ1) is 26.3. The molecule has 0 bridgehead atoms. The summed E-state index contributed by atoms with van der Waals surface area (Å²) in [7, 11) is 1.85. The molecule has 0 spiro atoms. The standard InChI is InChI=1S/C27H33F2N5OS/c1-5-11-27(2)12-7-6-8-20(25(27)29)34(3)23-16-30-26(33-32-23)19-10-9-17(13-21(19)35)18-14-22(28)31-24(15-18)36-4/h9-10,13-16,20,25,35H,5-8,11-12H2,1-4H3/t20-,25-,27+/m0/s1. The van der Waals surface area contributed by atoms with Crippen LogP contribution in [0.5, 0.6) is 5.75 Å². The quantitative estimate of drug-likeness (QED) is 0.214. The fourth-order valence-corrected chi connectivity index (χ4v) is 5.65. The van der Waals surface area contributed by atoms with Gasteiger partial charge in [-0.3, -0.25) is 0 Å². The van der Waals surface area contributed by atoms with Gasteiger partial charge in [0.1, 0.15) is 11.9 Å². The van der Waals surface area contributed by atoms with E-state index in [1.54, 1.807) is 30.5 Å². The van der Waals surface area contributed by atoms with Gasteiger partial charge < -0.3 is 10.0 Å². The topological polar surface area (TPSA) is 75.0 Å². The van der Waals surface area contributed by atoms with Gasteiger partial charge in [0, 0.05) is 18.5 Å². The first-order valence-electron chi connectivity index (χ1n) is 12.4. The van der Waals surface area contributed by atoms with Gasteiger partial charge in [-0.1, -0.05) is 39.2 Å². The number of hydrogen-bond donors (Lipinski definition) is 1. The lowest BCUT2D eigenvalue weighted by Crippen LogP contribution is -2.46. The maximum atomic E-state index is 15.8. The average Bonchev–Trinajstić information content (AvgIpc) is 3.01. The normalized spacial score (nSPS) is 22.3. The van der Waals surface area contributed by atoms with Crippen molar-refractivity contribution in [3.05, 3.63) is 42.5 Å². The Labute approximate surface area is 215 Å². The minimum atomic E-state index is -0.965. The largest absolute Gasteiger partial charge is 0.507 e. The van der Waals surface area contributed by atoms with Crippen molar-refractivity contribution in [2.75, 3.05) is 18.2 Å². The van der Waals surface area contributed by atoms with Crippen LogP contribution in [0.1, 0.15) is 52.4 Å². The van der Waals surface area contributed by atoms with Gasteiger partial charge in [0.2, 0.25) is 5.95 Å². The molecule has 0 aliphatic heterocycles. The highest BCUT2D eigenvalue weighted by Gasteiger charge is 2.42. The van der Waals surface area contributed by atoms with Crippen LogP contribution in [-0.4, -0.2) is 50.8 Å². The molecule has 0 unspecified atom stereocenters. The summed E-state index contributed by atoms with van der Waals surface area (Å²) >= 11 is 1.34. The van der Waals surface area contributed by atoms with E-state index in [4.69, 9.17) is 0 Å². The molecule has 6 nitrogen and oxygen atoms in total. The van der Waals surface area contributed by atoms with Gasteiger partial charge >= 0.3 is 0 Å². The number of thioether (sulfide) groups is 1. The van der Waals surface area contributed by atoms with E-state index in [0.29, 0.717) is 27.5 Å². The second-order valence-electron chi connectivity index (χ2n) is 9.82. The molecule has 0 saturated heterocycles. The number of rotatable bonds is 7. The maximum Gasteiger partial charge on any atom is 0.214 e. The highest BCUT2D eigenvalue weighted by molar-refractivity contribution is 7.98. The zero-order chi connectivity index (χ0) is 25.9. The van der Waals surface area contributed by atoms with Crippen molar-refractivity contribution < 1.29 is 13.9 Å². The number of pyridine rings is 1. The van der Waals surface area contributed by atoms with Gasteiger partial charge in [-0.05, 0) is 54.8 Å². The van der Waals surface area contributed by atoms with Crippen molar-refractivity contribution >= 4 is 17.6 Å². The molecule has 0 amide bonds. The molecule has 2 heterocycles. The smallest absolute Gasteiger partial charge is 0.214 e. The molecule has 1 aliphatic rings. The van der Waals surface area contributed by atoms with Crippen LogP contribution in [0.3, 0.4) is 0 Å². The van der Waals surface area contributed by atoms with E-state index < -0.39 is 12.1 Å². The van der Waals surface area contributed by atoms with Crippen LogP contribution >= 0.6 is 11.8 Å². The number of alkyl halides is 1. The summed E-state index contributed by atoms with van der Waals surface area (Å²) in [5, 5.41) is 19.8. The highest BCUT2D eigenvalue weighted by atomic mass is 32.2. The molecule has 1 aromatic carbocycles. The molecular weight excluding hydrogens is 480 g/mol. The van der Waals surface area contributed by atoms with E-state index in [-0.39, 0.29) is 23.0 Å². The molecule has 36 heavy (non-hydrogen) atoms. The van der Waals surface area contributed by atoms with Crippen molar-refractivity contribution in [1.82, 2.24) is 20.2 Å². The van der Waals surface area contributed by atoms with Gasteiger partial charge in [0.05, 0.1) is 22.8 Å². The van der Waals surface area contributed by atoms with Gasteiger partial charge in [0.15, 0.2) is 11.6 Å². The Balaban J connectivity index is 1.55. The van der Waals surface area contributed by atoms with Crippen molar-refractivity contribution in [2.24, 2.45) is 5.41 Å². The number of benzene rings is 1. The Morgan fingerprint density at radius 2 is 1.97 bits per heavy atom. The average molecular weight is 514 g/mol. The van der Waals surface area contributed by atoms with Crippen LogP contribution in [-0.2, 0) is 0 Å². The minimum absolute atomic E-state index is 0.0405. The highest BCUT2D eigenvalue weighted by Crippen LogP contribution is 2.42.